The lowest BCUT2D eigenvalue weighted by molar-refractivity contribution is -0.939. The van der Waals surface area contributed by atoms with Gasteiger partial charge in [-0.2, -0.15) is 13.2 Å². The van der Waals surface area contributed by atoms with Crippen LogP contribution in [0.1, 0.15) is 35.2 Å². The Morgan fingerprint density at radius 2 is 1.72 bits per heavy atom. The quantitative estimate of drug-likeness (QED) is 0.559. The van der Waals surface area contributed by atoms with Crippen LogP contribution < -0.4 is 4.90 Å². The molecule has 1 heterocycles. The van der Waals surface area contributed by atoms with Gasteiger partial charge in [0, 0.05) is 31.1 Å². The Bertz CT molecular complexity index is 973. The zero-order chi connectivity index (χ0) is 20.4. The van der Waals surface area contributed by atoms with Crippen LogP contribution in [-0.4, -0.2) is 10.6 Å². The Balaban J connectivity index is 1.51. The largest absolute Gasteiger partial charge is 0.416 e. The maximum atomic E-state index is 14.1. The minimum atomic E-state index is -4.35. The van der Waals surface area contributed by atoms with Crippen molar-refractivity contribution in [2.75, 3.05) is 0 Å². The van der Waals surface area contributed by atoms with E-state index in [-0.39, 0.29) is 5.82 Å². The summed E-state index contributed by atoms with van der Waals surface area (Å²) in [5, 5.41) is 0. The molecule has 0 amide bonds. The molecule has 2 nitrogen and oxygen atoms in total. The van der Waals surface area contributed by atoms with E-state index in [0.29, 0.717) is 36.8 Å². The molecule has 3 aromatic rings. The number of halogens is 4. The molecule has 0 saturated heterocycles. The van der Waals surface area contributed by atoms with Crippen LogP contribution in [0.2, 0.25) is 0 Å². The molecule has 6 heteroatoms. The summed E-state index contributed by atoms with van der Waals surface area (Å²) in [7, 11) is 0. The second-order valence-corrected chi connectivity index (χ2v) is 7.70. The molecule has 1 N–H and O–H groups in total. The molecule has 0 bridgehead atoms. The first kappa shape index (κ1) is 19.7. The Labute approximate surface area is 167 Å². The number of alkyl halides is 3. The highest BCUT2D eigenvalue weighted by atomic mass is 19.4. The van der Waals surface area contributed by atoms with E-state index >= 15 is 0 Å². The highest BCUT2D eigenvalue weighted by Gasteiger charge is 2.34. The number of aromatic nitrogens is 1. The molecule has 4 rings (SSSR count). The fourth-order valence-corrected chi connectivity index (χ4v) is 3.77. The van der Waals surface area contributed by atoms with Gasteiger partial charge in [0.2, 0.25) is 0 Å². The van der Waals surface area contributed by atoms with Crippen LogP contribution in [0.25, 0.3) is 0 Å². The van der Waals surface area contributed by atoms with Crippen molar-refractivity contribution in [3.05, 3.63) is 95.1 Å². The van der Waals surface area contributed by atoms with Crippen LogP contribution in [0.4, 0.5) is 17.6 Å². The van der Waals surface area contributed by atoms with Crippen LogP contribution in [0.15, 0.2) is 66.9 Å². The van der Waals surface area contributed by atoms with Crippen molar-refractivity contribution >= 4 is 0 Å². The van der Waals surface area contributed by atoms with Crippen molar-refractivity contribution in [2.45, 2.75) is 44.7 Å². The summed E-state index contributed by atoms with van der Waals surface area (Å²) in [6.45, 7) is 1.70. The monoisotopic (exact) mass is 403 g/mol. The van der Waals surface area contributed by atoms with E-state index in [2.05, 4.69) is 0 Å². The Hall–Kier alpha value is -2.60. The van der Waals surface area contributed by atoms with E-state index in [1.54, 1.807) is 12.1 Å². The third kappa shape index (κ3) is 4.88. The average Bonchev–Trinajstić information content (AvgIpc) is 3.44. The zero-order valence-electron chi connectivity index (χ0n) is 15.9. The second-order valence-electron chi connectivity index (χ2n) is 7.70. The summed E-state index contributed by atoms with van der Waals surface area (Å²) in [5.74, 6) is -0.190. The molecule has 1 fully saturated rings. The molecule has 1 aliphatic rings. The molecule has 0 radical (unpaired) electrons. The van der Waals surface area contributed by atoms with Crippen LogP contribution >= 0.6 is 0 Å². The van der Waals surface area contributed by atoms with Crippen molar-refractivity contribution in [3.63, 3.8) is 0 Å². The third-order valence-corrected chi connectivity index (χ3v) is 5.47. The molecule has 0 aliphatic heterocycles. The molecule has 152 valence electrons. The first-order chi connectivity index (χ1) is 13.9. The van der Waals surface area contributed by atoms with Gasteiger partial charge in [0.25, 0.3) is 0 Å². The maximum absolute atomic E-state index is 14.1. The minimum Gasteiger partial charge on any atom is -0.342 e. The first-order valence-corrected chi connectivity index (χ1v) is 9.78. The summed E-state index contributed by atoms with van der Waals surface area (Å²) in [6, 6.07) is 16.7. The SMILES string of the molecule is Fc1ccccc1C[NH+](Cc1cccn1Cc1cccc(C(F)(F)F)c1)C1CC1. The van der Waals surface area contributed by atoms with Gasteiger partial charge in [-0.25, -0.2) is 4.39 Å². The van der Waals surface area contributed by atoms with Gasteiger partial charge in [-0.15, -0.1) is 0 Å². The lowest BCUT2D eigenvalue weighted by Gasteiger charge is -2.21. The topological polar surface area (TPSA) is 9.37 Å². The van der Waals surface area contributed by atoms with Gasteiger partial charge in [-0.1, -0.05) is 30.3 Å². The highest BCUT2D eigenvalue weighted by molar-refractivity contribution is 5.26. The average molecular weight is 403 g/mol. The molecule has 1 atom stereocenters. The summed E-state index contributed by atoms with van der Waals surface area (Å²) in [5.41, 5.74) is 1.72. The number of benzene rings is 2. The van der Waals surface area contributed by atoms with E-state index in [1.807, 2.05) is 35.0 Å². The van der Waals surface area contributed by atoms with Gasteiger partial charge in [0.15, 0.2) is 0 Å². The molecule has 0 spiro atoms. The first-order valence-electron chi connectivity index (χ1n) is 9.78. The molecule has 29 heavy (non-hydrogen) atoms. The molecular formula is C23H23F4N2+. The van der Waals surface area contributed by atoms with Crippen molar-refractivity contribution in [2.24, 2.45) is 0 Å². The number of nitrogens with one attached hydrogen (secondary N) is 1. The molecule has 1 unspecified atom stereocenters. The number of nitrogens with zero attached hydrogens (tertiary/aromatic N) is 1. The van der Waals surface area contributed by atoms with Crippen molar-refractivity contribution in [1.29, 1.82) is 0 Å². The maximum Gasteiger partial charge on any atom is 0.416 e. The van der Waals surface area contributed by atoms with Gasteiger partial charge >= 0.3 is 6.18 Å². The summed E-state index contributed by atoms with van der Waals surface area (Å²) >= 11 is 0. The van der Waals surface area contributed by atoms with Gasteiger partial charge < -0.3 is 9.47 Å². The Morgan fingerprint density at radius 3 is 2.45 bits per heavy atom. The predicted molar refractivity (Wildman–Crippen MR) is 103 cm³/mol. The minimum absolute atomic E-state index is 0.190. The Kier molecular flexibility index (Phi) is 5.46. The molecule has 1 aromatic heterocycles. The van der Waals surface area contributed by atoms with E-state index in [4.69, 9.17) is 0 Å². The Morgan fingerprint density at radius 1 is 0.931 bits per heavy atom. The smallest absolute Gasteiger partial charge is 0.342 e. The zero-order valence-corrected chi connectivity index (χ0v) is 15.9. The fourth-order valence-electron chi connectivity index (χ4n) is 3.77. The fraction of sp³-hybridized carbons (Fsp3) is 0.304. The molecule has 2 aromatic carbocycles. The van der Waals surface area contributed by atoms with Gasteiger partial charge in [-0.3, -0.25) is 0 Å². The molecule has 1 saturated carbocycles. The van der Waals surface area contributed by atoms with E-state index < -0.39 is 11.7 Å². The predicted octanol–water partition coefficient (Wildman–Crippen LogP) is 4.44. The third-order valence-electron chi connectivity index (χ3n) is 5.47. The standard InChI is InChI=1S/C23H22F4N2/c24-22-9-2-1-6-18(22)15-29(20-10-11-20)16-21-8-4-12-28(21)14-17-5-3-7-19(13-17)23(25,26)27/h1-9,12-13,20H,10-11,14-16H2/p+1. The number of quaternary nitrogens is 1. The number of rotatable bonds is 7. The number of hydrogen-bond donors (Lipinski definition) is 1. The van der Waals surface area contributed by atoms with E-state index in [9.17, 15) is 17.6 Å². The van der Waals surface area contributed by atoms with E-state index in [0.717, 1.165) is 24.6 Å². The van der Waals surface area contributed by atoms with Gasteiger partial charge in [0.05, 0.1) is 17.3 Å². The lowest BCUT2D eigenvalue weighted by Crippen LogP contribution is -3.10. The second kappa shape index (κ2) is 8.03. The normalized spacial score (nSPS) is 15.4. The van der Waals surface area contributed by atoms with Gasteiger partial charge in [-0.05, 0) is 35.9 Å². The van der Waals surface area contributed by atoms with E-state index in [1.165, 1.54) is 23.1 Å². The van der Waals surface area contributed by atoms with Crippen LogP contribution in [0.3, 0.4) is 0 Å². The van der Waals surface area contributed by atoms with Crippen LogP contribution in [0, 0.1) is 5.82 Å². The summed E-state index contributed by atoms with van der Waals surface area (Å²) in [4.78, 5) is 1.29. The summed E-state index contributed by atoms with van der Waals surface area (Å²) < 4.78 is 55.1. The number of hydrogen-bond acceptors (Lipinski definition) is 0. The van der Waals surface area contributed by atoms with Crippen molar-refractivity contribution in [3.8, 4) is 0 Å². The molecule has 1 aliphatic carbocycles. The van der Waals surface area contributed by atoms with Crippen LogP contribution in [0.5, 0.6) is 0 Å². The van der Waals surface area contributed by atoms with Crippen LogP contribution in [-0.2, 0) is 25.8 Å². The summed E-state index contributed by atoms with van der Waals surface area (Å²) in [6.07, 6.45) is -0.207. The van der Waals surface area contributed by atoms with Gasteiger partial charge in [0.1, 0.15) is 18.9 Å². The van der Waals surface area contributed by atoms with Crippen molar-refractivity contribution < 1.29 is 22.5 Å². The lowest BCUT2D eigenvalue weighted by atomic mass is 10.1. The van der Waals surface area contributed by atoms with Crippen molar-refractivity contribution in [1.82, 2.24) is 4.57 Å². The molecular weight excluding hydrogens is 380 g/mol. The highest BCUT2D eigenvalue weighted by Crippen LogP contribution is 2.29.